The number of aromatic nitrogens is 1. The van der Waals surface area contributed by atoms with Crippen LogP contribution in [0.1, 0.15) is 114 Å². The van der Waals surface area contributed by atoms with Crippen LogP contribution in [0.5, 0.6) is 0 Å². The highest BCUT2D eigenvalue weighted by Crippen LogP contribution is 2.37. The molecule has 9 aromatic rings. The number of para-hydroxylation sites is 6. The van der Waals surface area contributed by atoms with E-state index in [-0.39, 0.29) is 39.6 Å². The molecule has 8 aromatic carbocycles. The second-order valence-electron chi connectivity index (χ2n) is 32.1. The molecule has 6 fully saturated rings. The standard InChI is InChI=1S/2C31H36N6O3S.C30H31Cl2N5O3S/c1-22-20-23(2)30(33-25-12-14-35(15-13-25)26-9-5-4-8-24(26)21-32)34-29(22)31(38)37-18-16-36(17-19-37)27-10-6-7-11-28(27)41(3,39)40;1-22-11-12-26(31(38)37-19-17-36(18-20-37)28-9-5-6-10-29(28)41(33,39)40)23(2)30(22)34-25-13-15-35(16-14-25)27-8-4-3-7-24(27)21-32;31-25-19-26(32)24(18-23(25)17-21-9-11-35(12-10-21)27-6-2-1-5-22(27)20-33)30(38)37-15-13-36(14-16-37)28-7-3-4-8-29(28)41(34,39)40/h4-11,20,25H,12-19H2,1-3H3,(H,33,34);3-12,25,34H,13-20H2,1-2H3,(H2,33,39,40);1-8,18-19,21H,9-17H2,(H2,34,39,40). The number of carbonyl (C=O) groups excluding carboxylic acids is 3. The zero-order valence-corrected chi connectivity index (χ0v) is 73.7. The van der Waals surface area contributed by atoms with Crippen molar-refractivity contribution in [2.45, 2.75) is 99.4 Å². The maximum Gasteiger partial charge on any atom is 0.272 e. The van der Waals surface area contributed by atoms with E-state index >= 15 is 0 Å². The molecule has 31 heteroatoms. The summed E-state index contributed by atoms with van der Waals surface area (Å²) in [5.41, 5.74) is 14.1. The van der Waals surface area contributed by atoms with Crippen LogP contribution in [0.4, 0.5) is 45.6 Å². The minimum atomic E-state index is -3.87. The number of nitrogens with two attached hydrogens (primary N) is 2. The average molecular weight is 1760 g/mol. The van der Waals surface area contributed by atoms with Crippen LogP contribution in [0, 0.1) is 67.6 Å². The molecule has 6 N–H and O–H groups in total. The lowest BCUT2D eigenvalue weighted by atomic mass is 9.89. The van der Waals surface area contributed by atoms with Crippen molar-refractivity contribution in [3.05, 3.63) is 247 Å². The Morgan fingerprint density at radius 1 is 0.407 bits per heavy atom. The summed E-state index contributed by atoms with van der Waals surface area (Å²) in [6.45, 7) is 18.8. The van der Waals surface area contributed by atoms with E-state index in [9.17, 15) is 55.4 Å². The summed E-state index contributed by atoms with van der Waals surface area (Å²) in [5, 5.41) is 47.4. The smallest absolute Gasteiger partial charge is 0.272 e. The first-order chi connectivity index (χ1) is 59.0. The van der Waals surface area contributed by atoms with Crippen LogP contribution >= 0.6 is 23.2 Å². The summed E-state index contributed by atoms with van der Waals surface area (Å²) in [5.74, 6) is 0.827. The van der Waals surface area contributed by atoms with Crippen LogP contribution < -0.4 is 50.3 Å². The molecule has 0 unspecified atom stereocenters. The van der Waals surface area contributed by atoms with Gasteiger partial charge in [-0.25, -0.2) is 40.5 Å². The Labute approximate surface area is 731 Å². The van der Waals surface area contributed by atoms with Gasteiger partial charge in [0.2, 0.25) is 20.0 Å². The highest BCUT2D eigenvalue weighted by Gasteiger charge is 2.34. The third kappa shape index (κ3) is 21.3. The molecular weight excluding hydrogens is 1650 g/mol. The average Bonchev–Trinajstić information content (AvgIpc) is 0.798. The third-order valence-electron chi connectivity index (χ3n) is 24.1. The molecule has 0 bridgehead atoms. The number of primary sulfonamides is 2. The topological polar surface area (TPSA) is 343 Å². The summed E-state index contributed by atoms with van der Waals surface area (Å²) < 4.78 is 72.8. The summed E-state index contributed by atoms with van der Waals surface area (Å²) in [6.07, 6.45) is 7.51. The molecule has 7 heterocycles. The molecule has 1 aromatic heterocycles. The molecule has 0 aliphatic carbocycles. The summed E-state index contributed by atoms with van der Waals surface area (Å²) in [4.78, 5) is 64.2. The molecule has 0 saturated carbocycles. The number of piperidine rings is 3. The Balaban J connectivity index is 0.000000159. The van der Waals surface area contributed by atoms with Gasteiger partial charge < -0.3 is 54.7 Å². The number of sulfonamides is 2. The van der Waals surface area contributed by atoms with Crippen molar-refractivity contribution >= 4 is 116 Å². The largest absolute Gasteiger partial charge is 0.382 e. The minimum absolute atomic E-state index is 0.0205. The molecule has 0 atom stereocenters. The molecule has 3 amide bonds. The zero-order valence-electron chi connectivity index (χ0n) is 69.8. The van der Waals surface area contributed by atoms with E-state index in [2.05, 4.69) is 50.5 Å². The van der Waals surface area contributed by atoms with Gasteiger partial charge in [-0.3, -0.25) is 14.4 Å². The first-order valence-electron chi connectivity index (χ1n) is 41.5. The molecule has 0 spiro atoms. The summed E-state index contributed by atoms with van der Waals surface area (Å²) in [7, 11) is -11.1. The lowest BCUT2D eigenvalue weighted by Crippen LogP contribution is -2.49. The van der Waals surface area contributed by atoms with E-state index in [0.717, 1.165) is 141 Å². The van der Waals surface area contributed by atoms with Gasteiger partial charge in [-0.2, -0.15) is 15.8 Å². The number of nitriles is 3. The predicted octanol–water partition coefficient (Wildman–Crippen LogP) is 12.8. The number of halogens is 2. The van der Waals surface area contributed by atoms with Crippen molar-refractivity contribution in [3.63, 3.8) is 0 Å². The number of aryl methyl sites for hydroxylation is 3. The molecule has 642 valence electrons. The first-order valence-corrected chi connectivity index (χ1v) is 47.2. The number of amides is 3. The maximum atomic E-state index is 13.6. The summed E-state index contributed by atoms with van der Waals surface area (Å²) in [6, 6.07) is 60.2. The maximum absolute atomic E-state index is 13.6. The van der Waals surface area contributed by atoms with Gasteiger partial charge in [-0.1, -0.05) is 108 Å². The van der Waals surface area contributed by atoms with Crippen molar-refractivity contribution in [2.75, 3.05) is 164 Å². The van der Waals surface area contributed by atoms with E-state index < -0.39 is 29.9 Å². The fourth-order valence-electron chi connectivity index (χ4n) is 17.4. The fourth-order valence-corrected chi connectivity index (χ4v) is 20.3. The number of nitrogens with zero attached hydrogens (tertiary/aromatic N) is 13. The summed E-state index contributed by atoms with van der Waals surface area (Å²) >= 11 is 13.1. The number of benzene rings is 8. The van der Waals surface area contributed by atoms with Crippen molar-refractivity contribution < 1.29 is 39.6 Å². The molecule has 6 aliphatic rings. The van der Waals surface area contributed by atoms with Gasteiger partial charge in [0, 0.05) is 152 Å². The third-order valence-corrected chi connectivity index (χ3v) is 27.8. The van der Waals surface area contributed by atoms with Gasteiger partial charge in [-0.05, 0) is 197 Å². The van der Waals surface area contributed by atoms with Crippen LogP contribution in [0.15, 0.2) is 191 Å². The lowest BCUT2D eigenvalue weighted by Gasteiger charge is -2.37. The molecule has 26 nitrogen and oxygen atoms in total. The monoisotopic (exact) mass is 1760 g/mol. The normalized spacial score (nSPS) is 16.4. The highest BCUT2D eigenvalue weighted by atomic mass is 35.5. The minimum Gasteiger partial charge on any atom is -0.382 e. The van der Waals surface area contributed by atoms with Gasteiger partial charge in [0.05, 0.1) is 66.3 Å². The number of sulfone groups is 1. The zero-order chi connectivity index (χ0) is 87.4. The fraction of sp³-hybridized carbons (Fsp3) is 0.359. The van der Waals surface area contributed by atoms with E-state index in [0.29, 0.717) is 150 Å². The molecule has 6 aliphatic heterocycles. The van der Waals surface area contributed by atoms with Crippen LogP contribution in [-0.4, -0.2) is 199 Å². The first kappa shape index (κ1) is 89.3. The Morgan fingerprint density at radius 3 is 1.18 bits per heavy atom. The van der Waals surface area contributed by atoms with Crippen molar-refractivity contribution in [1.82, 2.24) is 19.7 Å². The lowest BCUT2D eigenvalue weighted by molar-refractivity contribution is 0.0734. The van der Waals surface area contributed by atoms with Crippen molar-refractivity contribution in [3.8, 4) is 18.2 Å². The van der Waals surface area contributed by atoms with Gasteiger partial charge in [0.25, 0.3) is 17.7 Å². The van der Waals surface area contributed by atoms with Gasteiger partial charge in [0.1, 0.15) is 39.5 Å². The number of hydrogen-bond donors (Lipinski definition) is 4. The quantitative estimate of drug-likeness (QED) is 0.0620. The van der Waals surface area contributed by atoms with Crippen LogP contribution in [-0.2, 0) is 36.3 Å². The predicted molar refractivity (Wildman–Crippen MR) is 485 cm³/mol. The number of hydrogen-bond acceptors (Lipinski definition) is 21. The Bertz CT molecular complexity index is 5510. The number of nitrogens with one attached hydrogen (secondary N) is 2. The van der Waals surface area contributed by atoms with Crippen molar-refractivity contribution in [2.24, 2.45) is 16.2 Å². The molecule has 6 saturated heterocycles. The highest BCUT2D eigenvalue weighted by molar-refractivity contribution is 7.91. The number of anilines is 8. The number of carbonyl (C=O) groups is 3. The number of pyridine rings is 1. The Morgan fingerprint density at radius 2 is 0.764 bits per heavy atom. The van der Waals surface area contributed by atoms with E-state index in [1.807, 2.05) is 150 Å². The van der Waals surface area contributed by atoms with Crippen molar-refractivity contribution in [1.29, 1.82) is 15.8 Å². The number of rotatable bonds is 18. The van der Waals surface area contributed by atoms with Crippen LogP contribution in [0.25, 0.3) is 0 Å². The molecule has 123 heavy (non-hydrogen) atoms. The van der Waals surface area contributed by atoms with E-state index in [4.69, 9.17) is 38.5 Å². The van der Waals surface area contributed by atoms with Gasteiger partial charge in [0.15, 0.2) is 9.84 Å². The number of piperazine rings is 3. The molecule has 0 radical (unpaired) electrons. The Hall–Kier alpha value is -11.5. The van der Waals surface area contributed by atoms with Crippen LogP contribution in [0.2, 0.25) is 10.0 Å². The van der Waals surface area contributed by atoms with Gasteiger partial charge in [-0.15, -0.1) is 0 Å². The second-order valence-corrected chi connectivity index (χ2v) is 38.0. The van der Waals surface area contributed by atoms with Gasteiger partial charge >= 0.3 is 0 Å². The molecule has 15 rings (SSSR count). The second kappa shape index (κ2) is 39.4. The van der Waals surface area contributed by atoms with Crippen LogP contribution in [0.3, 0.4) is 0 Å². The molecular formula is C92H103Cl2N17O9S3. The van der Waals surface area contributed by atoms with E-state index in [1.54, 1.807) is 64.4 Å². The Kier molecular flexibility index (Phi) is 28.6. The van der Waals surface area contributed by atoms with E-state index in [1.165, 1.54) is 18.4 Å². The SMILES string of the molecule is Cc1cc(C)c(C(=O)N2CCN(c3ccccc3S(C)(=O)=O)CC2)nc1NC1CCN(c2ccccc2C#N)CC1.Cc1ccc(C(=O)N2CCN(c3ccccc3S(N)(=O)=O)CC2)c(C)c1NC1CCN(c2ccccc2C#N)CC1.N#Cc1ccccc1N1CCC(Cc2cc(C(=O)N3CCN(c4ccccc4S(N)(=O)=O)CC3)c(Cl)cc2Cl)CC1.